The van der Waals surface area contributed by atoms with Crippen LogP contribution in [0.5, 0.6) is 23.0 Å². The summed E-state index contributed by atoms with van der Waals surface area (Å²) < 4.78 is 23.7. The Labute approximate surface area is 231 Å². The number of aliphatic hydroxyl groups excluding tert-OH is 1. The number of aliphatic hydroxyl groups is 2. The second-order valence-corrected chi connectivity index (χ2v) is 10.2. The van der Waals surface area contributed by atoms with Crippen molar-refractivity contribution < 1.29 is 39.1 Å². The van der Waals surface area contributed by atoms with Crippen LogP contribution < -0.4 is 18.9 Å². The number of benzene rings is 3. The number of hydrogen-bond donors (Lipinski definition) is 3. The first-order chi connectivity index (χ1) is 18.8. The number of carboxylic acids is 1. The lowest BCUT2D eigenvalue weighted by molar-refractivity contribution is -0.159. The first-order valence-electron chi connectivity index (χ1n) is 12.8. The van der Waals surface area contributed by atoms with Crippen LogP contribution in [0, 0.1) is 5.92 Å². The van der Waals surface area contributed by atoms with Gasteiger partial charge in [0, 0.05) is 23.9 Å². The van der Waals surface area contributed by atoms with Crippen LogP contribution in [0.1, 0.15) is 35.4 Å². The fourth-order valence-corrected chi connectivity index (χ4v) is 6.32. The highest BCUT2D eigenvalue weighted by Crippen LogP contribution is 2.70. The third kappa shape index (κ3) is 4.09. The van der Waals surface area contributed by atoms with Gasteiger partial charge in [-0.25, -0.2) is 0 Å². The van der Waals surface area contributed by atoms with Gasteiger partial charge in [-0.1, -0.05) is 42.5 Å². The SMILES string of the molecule is COc1ccc([C@@]23Oc4cc(OCCCCCl)cc(OC)c4[C@]2(O)[C@H](O)[C@H](C(=O)O)[C@H]3c2ccccc2)cc1. The number of aliphatic carboxylic acids is 1. The highest BCUT2D eigenvalue weighted by Gasteiger charge is 2.78. The van der Waals surface area contributed by atoms with E-state index in [0.29, 0.717) is 35.1 Å². The first kappa shape index (κ1) is 27.1. The standard InChI is InChI=1S/C30H31ClO8/c1-36-20-12-10-19(11-13-20)30-25(18-8-4-3-5-9-18)24(28(33)34)27(32)29(30,35)26-22(37-2)16-21(17-23(26)39-30)38-15-7-6-14-31/h3-5,8-13,16-17,24-25,27,32,35H,6-7,14-15H2,1-2H3,(H,33,34)/t24-,25-,27-,29+,30+/m1/s1. The highest BCUT2D eigenvalue weighted by atomic mass is 35.5. The number of halogens is 1. The molecule has 0 amide bonds. The summed E-state index contributed by atoms with van der Waals surface area (Å²) in [6, 6.07) is 19.1. The molecule has 5 rings (SSSR count). The normalized spacial score (nSPS) is 26.8. The van der Waals surface area contributed by atoms with Crippen LogP contribution in [0.25, 0.3) is 0 Å². The summed E-state index contributed by atoms with van der Waals surface area (Å²) >= 11 is 5.79. The maximum Gasteiger partial charge on any atom is 0.310 e. The Kier molecular flexibility index (Phi) is 7.37. The van der Waals surface area contributed by atoms with E-state index in [1.165, 1.54) is 14.2 Å². The van der Waals surface area contributed by atoms with E-state index >= 15 is 0 Å². The maximum atomic E-state index is 12.7. The molecule has 9 heteroatoms. The van der Waals surface area contributed by atoms with E-state index in [1.54, 1.807) is 60.7 Å². The predicted octanol–water partition coefficient (Wildman–Crippen LogP) is 4.44. The monoisotopic (exact) mass is 554 g/mol. The minimum Gasteiger partial charge on any atom is -0.497 e. The summed E-state index contributed by atoms with van der Waals surface area (Å²) in [5.41, 5.74) is -2.67. The predicted molar refractivity (Wildman–Crippen MR) is 144 cm³/mol. The number of carbonyl (C=O) groups is 1. The second-order valence-electron chi connectivity index (χ2n) is 9.77. The number of hydrogen-bond acceptors (Lipinski definition) is 7. The van der Waals surface area contributed by atoms with Crippen LogP contribution in [0.4, 0.5) is 0 Å². The quantitative estimate of drug-likeness (QED) is 0.249. The molecule has 5 atom stereocenters. The van der Waals surface area contributed by atoms with Crippen molar-refractivity contribution in [2.75, 3.05) is 26.7 Å². The highest BCUT2D eigenvalue weighted by molar-refractivity contribution is 6.17. The fraction of sp³-hybridized carbons (Fsp3) is 0.367. The molecule has 0 aromatic heterocycles. The molecule has 39 heavy (non-hydrogen) atoms. The summed E-state index contributed by atoms with van der Waals surface area (Å²) in [5.74, 6) is -1.62. The molecule has 0 spiro atoms. The molecule has 1 heterocycles. The molecule has 0 radical (unpaired) electrons. The first-order valence-corrected chi connectivity index (χ1v) is 13.3. The molecular formula is C30H31ClO8. The van der Waals surface area contributed by atoms with Crippen molar-refractivity contribution in [3.05, 3.63) is 83.4 Å². The minimum atomic E-state index is -2.19. The third-order valence-electron chi connectivity index (χ3n) is 7.80. The van der Waals surface area contributed by atoms with Gasteiger partial charge in [0.1, 0.15) is 29.1 Å². The largest absolute Gasteiger partial charge is 0.497 e. The molecule has 0 unspecified atom stereocenters. The van der Waals surface area contributed by atoms with Crippen LogP contribution >= 0.6 is 11.6 Å². The Bertz CT molecular complexity index is 1330. The van der Waals surface area contributed by atoms with Crippen molar-refractivity contribution in [3.8, 4) is 23.0 Å². The number of carboxylic acid groups (broad SMARTS) is 1. The van der Waals surface area contributed by atoms with E-state index in [2.05, 4.69) is 0 Å². The molecular weight excluding hydrogens is 524 g/mol. The summed E-state index contributed by atoms with van der Waals surface area (Å²) in [5, 5.41) is 34.8. The summed E-state index contributed by atoms with van der Waals surface area (Å²) in [6.07, 6.45) is -0.200. The number of rotatable bonds is 10. The number of methoxy groups -OCH3 is 2. The molecule has 1 aliphatic carbocycles. The Hall–Kier alpha value is -3.46. The third-order valence-corrected chi connectivity index (χ3v) is 8.07. The molecule has 0 saturated heterocycles. The number of fused-ring (bicyclic) bond motifs is 3. The van der Waals surface area contributed by atoms with Crippen LogP contribution in [0.2, 0.25) is 0 Å². The zero-order valence-corrected chi connectivity index (χ0v) is 22.4. The number of alkyl halides is 1. The van der Waals surface area contributed by atoms with E-state index in [4.69, 9.17) is 30.5 Å². The summed E-state index contributed by atoms with van der Waals surface area (Å²) in [7, 11) is 2.98. The number of unbranched alkanes of at least 4 members (excludes halogenated alkanes) is 1. The maximum absolute atomic E-state index is 12.7. The topological polar surface area (TPSA) is 115 Å². The summed E-state index contributed by atoms with van der Waals surface area (Å²) in [4.78, 5) is 12.7. The van der Waals surface area contributed by atoms with Crippen molar-refractivity contribution in [1.82, 2.24) is 0 Å². The van der Waals surface area contributed by atoms with Gasteiger partial charge in [0.2, 0.25) is 0 Å². The van der Waals surface area contributed by atoms with Gasteiger partial charge in [-0.3, -0.25) is 4.79 Å². The minimum absolute atomic E-state index is 0.172. The van der Waals surface area contributed by atoms with Crippen molar-refractivity contribution in [3.63, 3.8) is 0 Å². The molecule has 1 fully saturated rings. The Morgan fingerprint density at radius 3 is 2.33 bits per heavy atom. The molecule has 206 valence electrons. The Morgan fingerprint density at radius 2 is 1.72 bits per heavy atom. The second kappa shape index (κ2) is 10.6. The number of ether oxygens (including phenoxy) is 4. The average molecular weight is 555 g/mol. The summed E-state index contributed by atoms with van der Waals surface area (Å²) in [6.45, 7) is 0.416. The van der Waals surface area contributed by atoms with Crippen LogP contribution in [0.15, 0.2) is 66.7 Å². The van der Waals surface area contributed by atoms with E-state index in [9.17, 15) is 20.1 Å². The lowest BCUT2D eigenvalue weighted by atomic mass is 9.70. The van der Waals surface area contributed by atoms with Gasteiger partial charge in [-0.15, -0.1) is 11.6 Å². The van der Waals surface area contributed by atoms with Crippen LogP contribution in [0.3, 0.4) is 0 Å². The van der Waals surface area contributed by atoms with E-state index in [0.717, 1.165) is 12.8 Å². The smallest absolute Gasteiger partial charge is 0.310 e. The molecule has 1 aliphatic heterocycles. The van der Waals surface area contributed by atoms with E-state index < -0.39 is 35.1 Å². The van der Waals surface area contributed by atoms with Gasteiger partial charge in [-0.05, 0) is 36.1 Å². The van der Waals surface area contributed by atoms with E-state index in [1.807, 2.05) is 6.07 Å². The molecule has 3 aromatic rings. The molecule has 0 bridgehead atoms. The zero-order chi connectivity index (χ0) is 27.8. The van der Waals surface area contributed by atoms with Crippen LogP contribution in [-0.2, 0) is 16.0 Å². The average Bonchev–Trinajstić information content (AvgIpc) is 3.33. The lowest BCUT2D eigenvalue weighted by Gasteiger charge is -2.40. The van der Waals surface area contributed by atoms with Crippen molar-refractivity contribution in [1.29, 1.82) is 0 Å². The molecule has 2 aliphatic rings. The molecule has 3 aromatic carbocycles. The Balaban J connectivity index is 1.76. The van der Waals surface area contributed by atoms with Gasteiger partial charge < -0.3 is 34.3 Å². The van der Waals surface area contributed by atoms with Crippen molar-refractivity contribution in [2.45, 2.75) is 36.1 Å². The molecule has 1 saturated carbocycles. The Morgan fingerprint density at radius 1 is 1.00 bits per heavy atom. The van der Waals surface area contributed by atoms with Gasteiger partial charge >= 0.3 is 5.97 Å². The fourth-order valence-electron chi connectivity index (χ4n) is 6.13. The van der Waals surface area contributed by atoms with Gasteiger partial charge in [-0.2, -0.15) is 0 Å². The molecule has 3 N–H and O–H groups in total. The van der Waals surface area contributed by atoms with Gasteiger partial charge in [0.15, 0.2) is 11.2 Å². The lowest BCUT2D eigenvalue weighted by Crippen LogP contribution is -2.52. The van der Waals surface area contributed by atoms with Gasteiger partial charge in [0.05, 0.1) is 32.3 Å². The zero-order valence-electron chi connectivity index (χ0n) is 21.7. The van der Waals surface area contributed by atoms with E-state index in [-0.39, 0.29) is 17.1 Å². The van der Waals surface area contributed by atoms with Crippen LogP contribution in [-0.4, -0.2) is 54.1 Å². The van der Waals surface area contributed by atoms with Crippen molar-refractivity contribution >= 4 is 17.6 Å². The van der Waals surface area contributed by atoms with Crippen molar-refractivity contribution in [2.24, 2.45) is 5.92 Å². The molecule has 8 nitrogen and oxygen atoms in total. The van der Waals surface area contributed by atoms with Gasteiger partial charge in [0.25, 0.3) is 0 Å².